The van der Waals surface area contributed by atoms with Crippen LogP contribution in [-0.2, 0) is 6.54 Å². The lowest BCUT2D eigenvalue weighted by Gasteiger charge is -2.10. The van der Waals surface area contributed by atoms with Crippen molar-refractivity contribution in [1.82, 2.24) is 4.90 Å². The van der Waals surface area contributed by atoms with E-state index in [9.17, 15) is 9.59 Å². The normalized spacial score (nSPS) is 10.1. The Morgan fingerprint density at radius 3 is 2.58 bits per heavy atom. The number of carbonyl (C=O) groups is 1. The Labute approximate surface area is 116 Å². The van der Waals surface area contributed by atoms with Gasteiger partial charge < -0.3 is 15.1 Å². The standard InChI is InChI=1S/C13H14N2O3.ClH/c1-15(2)13(17)8-3-4-12-10(5-8)11(16)6-9(7-14)18-12;/h3-6H,7,14H2,1-2H3;1H. The molecule has 19 heavy (non-hydrogen) atoms. The van der Waals surface area contributed by atoms with Crippen LogP contribution < -0.4 is 11.2 Å². The maximum absolute atomic E-state index is 11.9. The molecule has 2 rings (SSSR count). The van der Waals surface area contributed by atoms with E-state index >= 15 is 0 Å². The second kappa shape index (κ2) is 5.86. The molecule has 102 valence electrons. The van der Waals surface area contributed by atoms with Crippen LogP contribution in [0.5, 0.6) is 0 Å². The Kier molecular flexibility index (Phi) is 4.69. The van der Waals surface area contributed by atoms with E-state index in [-0.39, 0.29) is 30.3 Å². The third-order valence-corrected chi connectivity index (χ3v) is 2.63. The van der Waals surface area contributed by atoms with Gasteiger partial charge in [0.05, 0.1) is 11.9 Å². The number of carbonyl (C=O) groups excluding carboxylic acids is 1. The first kappa shape index (κ1) is 15.2. The molecule has 2 N–H and O–H groups in total. The van der Waals surface area contributed by atoms with Crippen molar-refractivity contribution in [3.63, 3.8) is 0 Å². The average molecular weight is 283 g/mol. The predicted molar refractivity (Wildman–Crippen MR) is 75.6 cm³/mol. The highest BCUT2D eigenvalue weighted by Gasteiger charge is 2.11. The monoisotopic (exact) mass is 282 g/mol. The summed E-state index contributed by atoms with van der Waals surface area (Å²) >= 11 is 0. The van der Waals surface area contributed by atoms with Crippen LogP contribution in [0.25, 0.3) is 11.0 Å². The molecule has 0 unspecified atom stereocenters. The van der Waals surface area contributed by atoms with E-state index in [1.54, 1.807) is 32.3 Å². The topological polar surface area (TPSA) is 76.5 Å². The van der Waals surface area contributed by atoms with Gasteiger partial charge in [0.1, 0.15) is 11.3 Å². The van der Waals surface area contributed by atoms with Gasteiger partial charge in [-0.1, -0.05) is 0 Å². The summed E-state index contributed by atoms with van der Waals surface area (Å²) in [6.45, 7) is 0.170. The number of hydrogen-bond donors (Lipinski definition) is 1. The Morgan fingerprint density at radius 1 is 1.32 bits per heavy atom. The van der Waals surface area contributed by atoms with Crippen LogP contribution in [0.4, 0.5) is 0 Å². The molecular formula is C13H15ClN2O3. The zero-order valence-electron chi connectivity index (χ0n) is 10.7. The second-order valence-electron chi connectivity index (χ2n) is 4.19. The van der Waals surface area contributed by atoms with Crippen molar-refractivity contribution in [2.45, 2.75) is 6.54 Å². The molecule has 1 heterocycles. The molecule has 0 aliphatic rings. The van der Waals surface area contributed by atoms with E-state index in [4.69, 9.17) is 10.2 Å². The number of benzene rings is 1. The van der Waals surface area contributed by atoms with Crippen molar-refractivity contribution in [3.8, 4) is 0 Å². The molecule has 0 fully saturated rings. The molecule has 0 saturated carbocycles. The predicted octanol–water partition coefficient (Wildman–Crippen LogP) is 1.38. The van der Waals surface area contributed by atoms with Gasteiger partial charge in [-0.05, 0) is 18.2 Å². The lowest BCUT2D eigenvalue weighted by Crippen LogP contribution is -2.21. The molecule has 0 aliphatic heterocycles. The van der Waals surface area contributed by atoms with E-state index in [1.165, 1.54) is 11.0 Å². The summed E-state index contributed by atoms with van der Waals surface area (Å²) in [4.78, 5) is 25.1. The zero-order valence-corrected chi connectivity index (χ0v) is 11.5. The maximum atomic E-state index is 11.9. The number of hydrogen-bond acceptors (Lipinski definition) is 4. The SMILES string of the molecule is CN(C)C(=O)c1ccc2oc(CN)cc(=O)c2c1.Cl. The third kappa shape index (κ3) is 2.94. The summed E-state index contributed by atoms with van der Waals surface area (Å²) < 4.78 is 5.44. The van der Waals surface area contributed by atoms with Gasteiger partial charge in [-0.15, -0.1) is 12.4 Å². The maximum Gasteiger partial charge on any atom is 0.253 e. The summed E-state index contributed by atoms with van der Waals surface area (Å²) in [7, 11) is 3.32. The number of nitrogens with two attached hydrogens (primary N) is 1. The first-order valence-electron chi connectivity index (χ1n) is 5.51. The highest BCUT2D eigenvalue weighted by molar-refractivity contribution is 5.97. The minimum absolute atomic E-state index is 0. The number of rotatable bonds is 2. The molecule has 0 aliphatic carbocycles. The van der Waals surface area contributed by atoms with E-state index in [0.29, 0.717) is 22.3 Å². The van der Waals surface area contributed by atoms with Gasteiger partial charge in [-0.25, -0.2) is 0 Å². The van der Waals surface area contributed by atoms with Crippen molar-refractivity contribution in [3.05, 3.63) is 45.8 Å². The van der Waals surface area contributed by atoms with Crippen LogP contribution >= 0.6 is 12.4 Å². The number of amides is 1. The molecule has 1 aromatic heterocycles. The second-order valence-corrected chi connectivity index (χ2v) is 4.19. The van der Waals surface area contributed by atoms with Gasteiger partial charge in [0.2, 0.25) is 0 Å². The average Bonchev–Trinajstić information content (AvgIpc) is 2.37. The van der Waals surface area contributed by atoms with Crippen molar-refractivity contribution in [2.75, 3.05) is 14.1 Å². The largest absolute Gasteiger partial charge is 0.459 e. The van der Waals surface area contributed by atoms with Crippen LogP contribution in [0, 0.1) is 0 Å². The number of nitrogens with zero attached hydrogens (tertiary/aromatic N) is 1. The molecule has 0 radical (unpaired) electrons. The molecule has 6 heteroatoms. The molecule has 0 spiro atoms. The lowest BCUT2D eigenvalue weighted by atomic mass is 10.1. The first-order chi connectivity index (χ1) is 8.52. The van der Waals surface area contributed by atoms with Crippen molar-refractivity contribution in [2.24, 2.45) is 5.73 Å². The summed E-state index contributed by atoms with van der Waals surface area (Å²) in [6, 6.07) is 6.15. The Bertz CT molecular complexity index is 664. The molecular weight excluding hydrogens is 268 g/mol. The molecule has 5 nitrogen and oxygen atoms in total. The Balaban J connectivity index is 0.00000180. The van der Waals surface area contributed by atoms with Crippen molar-refractivity contribution < 1.29 is 9.21 Å². The molecule has 1 aromatic carbocycles. The fourth-order valence-corrected chi connectivity index (χ4v) is 1.70. The van der Waals surface area contributed by atoms with E-state index in [1.807, 2.05) is 0 Å². The molecule has 0 atom stereocenters. The summed E-state index contributed by atoms with van der Waals surface area (Å²) in [6.07, 6.45) is 0. The van der Waals surface area contributed by atoms with Gasteiger partial charge in [-0.2, -0.15) is 0 Å². The van der Waals surface area contributed by atoms with E-state index in [2.05, 4.69) is 0 Å². The molecule has 1 amide bonds. The van der Waals surface area contributed by atoms with E-state index in [0.717, 1.165) is 0 Å². The minimum atomic E-state index is -0.190. The number of fused-ring (bicyclic) bond motifs is 1. The smallest absolute Gasteiger partial charge is 0.253 e. The Morgan fingerprint density at radius 2 is 2.00 bits per heavy atom. The van der Waals surface area contributed by atoms with Crippen LogP contribution in [0.2, 0.25) is 0 Å². The Hall–Kier alpha value is -1.85. The summed E-state index contributed by atoms with van der Waals surface area (Å²) in [5, 5.41) is 0.389. The number of halogens is 1. The fourth-order valence-electron chi connectivity index (χ4n) is 1.70. The summed E-state index contributed by atoms with van der Waals surface area (Å²) in [5.74, 6) is 0.276. The highest BCUT2D eigenvalue weighted by Crippen LogP contribution is 2.15. The van der Waals surface area contributed by atoms with Crippen molar-refractivity contribution >= 4 is 29.3 Å². The van der Waals surface area contributed by atoms with Crippen LogP contribution in [0.3, 0.4) is 0 Å². The van der Waals surface area contributed by atoms with Crippen LogP contribution in [-0.4, -0.2) is 24.9 Å². The summed E-state index contributed by atoms with van der Waals surface area (Å²) in [5.41, 5.74) is 6.15. The highest BCUT2D eigenvalue weighted by atomic mass is 35.5. The van der Waals surface area contributed by atoms with Gasteiger partial charge in [0.25, 0.3) is 5.91 Å². The molecule has 0 bridgehead atoms. The van der Waals surface area contributed by atoms with Crippen LogP contribution in [0.15, 0.2) is 33.5 Å². The quantitative estimate of drug-likeness (QED) is 0.903. The van der Waals surface area contributed by atoms with Crippen molar-refractivity contribution in [1.29, 1.82) is 0 Å². The van der Waals surface area contributed by atoms with Gasteiger partial charge in [0.15, 0.2) is 5.43 Å². The molecule has 0 saturated heterocycles. The van der Waals surface area contributed by atoms with Gasteiger partial charge in [-0.3, -0.25) is 9.59 Å². The van der Waals surface area contributed by atoms with Gasteiger partial charge in [0, 0.05) is 25.7 Å². The first-order valence-corrected chi connectivity index (χ1v) is 5.51. The minimum Gasteiger partial charge on any atom is -0.459 e. The van der Waals surface area contributed by atoms with Crippen LogP contribution in [0.1, 0.15) is 16.1 Å². The zero-order chi connectivity index (χ0) is 13.3. The fraction of sp³-hybridized carbons (Fsp3) is 0.231. The lowest BCUT2D eigenvalue weighted by molar-refractivity contribution is 0.0828. The third-order valence-electron chi connectivity index (χ3n) is 2.63. The van der Waals surface area contributed by atoms with Gasteiger partial charge >= 0.3 is 0 Å². The molecule has 2 aromatic rings. The van der Waals surface area contributed by atoms with E-state index < -0.39 is 0 Å².